The van der Waals surface area contributed by atoms with Gasteiger partial charge in [0.05, 0.1) is 13.1 Å². The summed E-state index contributed by atoms with van der Waals surface area (Å²) in [5.74, 6) is -1.30. The van der Waals surface area contributed by atoms with Crippen LogP contribution in [0.2, 0.25) is 5.02 Å². The third kappa shape index (κ3) is 5.38. The van der Waals surface area contributed by atoms with Gasteiger partial charge in [-0.3, -0.25) is 9.69 Å². The fourth-order valence-electron chi connectivity index (χ4n) is 2.10. The van der Waals surface area contributed by atoms with Crippen molar-refractivity contribution >= 4 is 17.6 Å². The summed E-state index contributed by atoms with van der Waals surface area (Å²) in [5, 5.41) is 9.20. The first kappa shape index (κ1) is 16.8. The molecule has 0 spiro atoms. The van der Waals surface area contributed by atoms with Gasteiger partial charge in [-0.25, -0.2) is 0 Å². The molecule has 0 aromatic heterocycles. The molecule has 0 radical (unpaired) electrons. The van der Waals surface area contributed by atoms with Crippen LogP contribution >= 0.6 is 11.6 Å². The van der Waals surface area contributed by atoms with Crippen LogP contribution in [0.1, 0.15) is 24.9 Å². The number of hydrogen-bond acceptors (Lipinski definition) is 2. The molecule has 1 rings (SSSR count). The van der Waals surface area contributed by atoms with E-state index in [0.29, 0.717) is 17.0 Å². The molecule has 3 nitrogen and oxygen atoms in total. The van der Waals surface area contributed by atoms with Crippen molar-refractivity contribution in [3.63, 3.8) is 0 Å². The quantitative estimate of drug-likeness (QED) is 0.870. The van der Waals surface area contributed by atoms with Gasteiger partial charge >= 0.3 is 12.1 Å². The molecular weight excluding hydrogens is 295 g/mol. The average molecular weight is 310 g/mol. The summed E-state index contributed by atoms with van der Waals surface area (Å²) < 4.78 is 37.8. The van der Waals surface area contributed by atoms with Crippen molar-refractivity contribution in [2.24, 2.45) is 0 Å². The summed E-state index contributed by atoms with van der Waals surface area (Å²) in [4.78, 5) is 11.7. The topological polar surface area (TPSA) is 40.5 Å². The van der Waals surface area contributed by atoms with Crippen molar-refractivity contribution in [1.29, 1.82) is 0 Å². The van der Waals surface area contributed by atoms with Crippen molar-refractivity contribution in [1.82, 2.24) is 4.90 Å². The third-order valence-corrected chi connectivity index (χ3v) is 3.02. The van der Waals surface area contributed by atoms with Crippen LogP contribution in [0.5, 0.6) is 0 Å². The van der Waals surface area contributed by atoms with E-state index in [-0.39, 0.29) is 0 Å². The molecule has 0 heterocycles. The van der Waals surface area contributed by atoms with E-state index in [1.54, 1.807) is 31.2 Å². The maximum absolute atomic E-state index is 12.6. The molecule has 1 aromatic carbocycles. The summed E-state index contributed by atoms with van der Waals surface area (Å²) >= 11 is 5.83. The largest absolute Gasteiger partial charge is 0.480 e. The Bertz CT molecular complexity index is 465. The number of alkyl halides is 3. The highest BCUT2D eigenvalue weighted by molar-refractivity contribution is 6.30. The lowest BCUT2D eigenvalue weighted by Gasteiger charge is -2.30. The first-order valence-electron chi connectivity index (χ1n) is 6.01. The van der Waals surface area contributed by atoms with Crippen molar-refractivity contribution in [2.75, 3.05) is 13.1 Å². The van der Waals surface area contributed by atoms with E-state index in [1.165, 1.54) is 0 Å². The maximum Gasteiger partial charge on any atom is 0.401 e. The standard InChI is InChI=1S/C13H15ClF3NO2/c1-2-11(9-4-3-5-10(14)6-9)18(7-12(19)20)8-13(15,16)17/h3-6,11H,2,7-8H2,1H3,(H,19,20). The number of carboxylic acid groups (broad SMARTS) is 1. The lowest BCUT2D eigenvalue weighted by molar-refractivity contribution is -0.158. The molecular formula is C13H15ClF3NO2. The number of rotatable bonds is 6. The minimum atomic E-state index is -4.46. The molecule has 0 amide bonds. The zero-order valence-electron chi connectivity index (χ0n) is 10.8. The molecule has 1 atom stereocenters. The highest BCUT2D eigenvalue weighted by Crippen LogP contribution is 2.29. The monoisotopic (exact) mass is 309 g/mol. The zero-order chi connectivity index (χ0) is 15.3. The van der Waals surface area contributed by atoms with Crippen LogP contribution in [0.15, 0.2) is 24.3 Å². The molecule has 112 valence electrons. The molecule has 0 aliphatic carbocycles. The molecule has 0 saturated heterocycles. The Morgan fingerprint density at radius 1 is 1.45 bits per heavy atom. The fraction of sp³-hybridized carbons (Fsp3) is 0.462. The van der Waals surface area contributed by atoms with E-state index in [4.69, 9.17) is 16.7 Å². The number of benzene rings is 1. The van der Waals surface area contributed by atoms with Crippen LogP contribution in [-0.2, 0) is 4.79 Å². The SMILES string of the molecule is CCC(c1cccc(Cl)c1)N(CC(=O)O)CC(F)(F)F. The van der Waals surface area contributed by atoms with Gasteiger partial charge in [-0.05, 0) is 24.1 Å². The Balaban J connectivity index is 3.04. The Labute approximate surface area is 120 Å². The minimum absolute atomic E-state index is 0.351. The Morgan fingerprint density at radius 2 is 2.10 bits per heavy atom. The Hall–Kier alpha value is -1.27. The molecule has 20 heavy (non-hydrogen) atoms. The van der Waals surface area contributed by atoms with Gasteiger partial charge in [-0.15, -0.1) is 0 Å². The molecule has 0 aliphatic heterocycles. The number of aliphatic carboxylic acids is 1. The van der Waals surface area contributed by atoms with Gasteiger partial charge in [-0.1, -0.05) is 30.7 Å². The summed E-state index contributed by atoms with van der Waals surface area (Å²) in [6.07, 6.45) is -4.11. The van der Waals surface area contributed by atoms with Gasteiger partial charge in [0.2, 0.25) is 0 Å². The second-order valence-corrected chi connectivity index (χ2v) is 4.83. The molecule has 1 unspecified atom stereocenters. The van der Waals surface area contributed by atoms with Gasteiger partial charge in [0.25, 0.3) is 0 Å². The smallest absolute Gasteiger partial charge is 0.401 e. The van der Waals surface area contributed by atoms with Crippen LogP contribution in [0.25, 0.3) is 0 Å². The van der Waals surface area contributed by atoms with Crippen LogP contribution in [-0.4, -0.2) is 35.2 Å². The third-order valence-electron chi connectivity index (χ3n) is 2.78. The van der Waals surface area contributed by atoms with E-state index in [9.17, 15) is 18.0 Å². The highest BCUT2D eigenvalue weighted by Gasteiger charge is 2.34. The second-order valence-electron chi connectivity index (χ2n) is 4.39. The van der Waals surface area contributed by atoms with E-state index in [0.717, 1.165) is 4.90 Å². The highest BCUT2D eigenvalue weighted by atomic mass is 35.5. The molecule has 0 saturated carbocycles. The molecule has 7 heteroatoms. The van der Waals surface area contributed by atoms with Crippen molar-refractivity contribution in [3.8, 4) is 0 Å². The number of carboxylic acids is 1. The Kier molecular flexibility index (Phi) is 5.83. The van der Waals surface area contributed by atoms with Gasteiger partial charge in [0, 0.05) is 11.1 Å². The summed E-state index contributed by atoms with van der Waals surface area (Å²) in [6.45, 7) is -0.244. The van der Waals surface area contributed by atoms with Crippen LogP contribution in [0.4, 0.5) is 13.2 Å². The number of halogens is 4. The van der Waals surface area contributed by atoms with Crippen LogP contribution in [0, 0.1) is 0 Å². The van der Waals surface area contributed by atoms with Gasteiger partial charge in [0.1, 0.15) is 0 Å². The second kappa shape index (κ2) is 6.95. The van der Waals surface area contributed by atoms with Crippen molar-refractivity contribution in [2.45, 2.75) is 25.6 Å². The van der Waals surface area contributed by atoms with Crippen LogP contribution in [0.3, 0.4) is 0 Å². The number of nitrogens with zero attached hydrogens (tertiary/aromatic N) is 1. The number of carbonyl (C=O) groups is 1. The van der Waals surface area contributed by atoms with E-state index in [1.807, 2.05) is 0 Å². The van der Waals surface area contributed by atoms with Crippen molar-refractivity contribution in [3.05, 3.63) is 34.9 Å². The molecule has 0 aliphatic rings. The van der Waals surface area contributed by atoms with E-state index < -0.39 is 31.3 Å². The Morgan fingerprint density at radius 3 is 2.55 bits per heavy atom. The predicted octanol–water partition coefficient (Wildman–Crippen LogP) is 3.74. The van der Waals surface area contributed by atoms with E-state index in [2.05, 4.69) is 0 Å². The maximum atomic E-state index is 12.6. The first-order chi connectivity index (χ1) is 9.23. The lowest BCUT2D eigenvalue weighted by Crippen LogP contribution is -2.40. The fourth-order valence-corrected chi connectivity index (χ4v) is 2.30. The minimum Gasteiger partial charge on any atom is -0.480 e. The van der Waals surface area contributed by atoms with Crippen molar-refractivity contribution < 1.29 is 23.1 Å². The molecule has 1 N–H and O–H groups in total. The van der Waals surface area contributed by atoms with Crippen LogP contribution < -0.4 is 0 Å². The van der Waals surface area contributed by atoms with Gasteiger partial charge in [0.15, 0.2) is 0 Å². The lowest BCUT2D eigenvalue weighted by atomic mass is 10.0. The summed E-state index contributed by atoms with van der Waals surface area (Å²) in [5.41, 5.74) is 0.575. The average Bonchev–Trinajstić information content (AvgIpc) is 2.26. The molecule has 0 fully saturated rings. The first-order valence-corrected chi connectivity index (χ1v) is 6.38. The molecule has 1 aromatic rings. The predicted molar refractivity (Wildman–Crippen MR) is 69.7 cm³/mol. The van der Waals surface area contributed by atoms with Gasteiger partial charge in [-0.2, -0.15) is 13.2 Å². The number of hydrogen-bond donors (Lipinski definition) is 1. The zero-order valence-corrected chi connectivity index (χ0v) is 11.6. The summed E-state index contributed by atoms with van der Waals surface area (Å²) in [6, 6.07) is 5.80. The molecule has 0 bridgehead atoms. The van der Waals surface area contributed by atoms with E-state index >= 15 is 0 Å². The summed E-state index contributed by atoms with van der Waals surface area (Å²) in [7, 11) is 0. The normalized spacial score (nSPS) is 13.5. The van der Waals surface area contributed by atoms with Gasteiger partial charge < -0.3 is 5.11 Å².